The molecule has 0 bridgehead atoms. The van der Waals surface area contributed by atoms with Gasteiger partial charge in [0.05, 0.1) is 0 Å². The lowest BCUT2D eigenvalue weighted by atomic mass is 9.99. The summed E-state index contributed by atoms with van der Waals surface area (Å²) in [6, 6.07) is 1.92. The normalized spacial score (nSPS) is 21.0. The van der Waals surface area contributed by atoms with Crippen LogP contribution in [0.15, 0.2) is 12.3 Å². The molecule has 6 nitrogen and oxygen atoms in total. The standard InChI is InChI=1S/C16H27N5O/c1-2-17-15-3-6-18-16(19-15)21-9-7-20(8-10-21)13-14-4-11-22-12-5-14/h3,6,14H,2,4-5,7-13H2,1H3,(H,17,18,19). The van der Waals surface area contributed by atoms with Gasteiger partial charge in [-0.3, -0.25) is 4.90 Å². The second-order valence-electron chi connectivity index (χ2n) is 6.12. The van der Waals surface area contributed by atoms with E-state index >= 15 is 0 Å². The topological polar surface area (TPSA) is 53.5 Å². The summed E-state index contributed by atoms with van der Waals surface area (Å²) in [6.45, 7) is 10.3. The van der Waals surface area contributed by atoms with Crippen molar-refractivity contribution in [2.75, 3.05) is 62.7 Å². The Labute approximate surface area is 132 Å². The number of hydrogen-bond donors (Lipinski definition) is 1. The fourth-order valence-corrected chi connectivity index (χ4v) is 3.20. The third-order valence-electron chi connectivity index (χ3n) is 4.51. The van der Waals surface area contributed by atoms with Crippen molar-refractivity contribution in [3.05, 3.63) is 12.3 Å². The van der Waals surface area contributed by atoms with Crippen LogP contribution < -0.4 is 10.2 Å². The predicted molar refractivity (Wildman–Crippen MR) is 88.4 cm³/mol. The lowest BCUT2D eigenvalue weighted by Crippen LogP contribution is -2.48. The van der Waals surface area contributed by atoms with Crippen molar-refractivity contribution in [2.45, 2.75) is 19.8 Å². The SMILES string of the molecule is CCNc1ccnc(N2CCN(CC3CCOCC3)CC2)n1. The Morgan fingerprint density at radius 2 is 2.00 bits per heavy atom. The summed E-state index contributed by atoms with van der Waals surface area (Å²) in [6.07, 6.45) is 4.27. The van der Waals surface area contributed by atoms with Gasteiger partial charge in [-0.15, -0.1) is 0 Å². The molecule has 3 rings (SSSR count). The molecule has 2 fully saturated rings. The van der Waals surface area contributed by atoms with E-state index in [0.717, 1.165) is 63.6 Å². The monoisotopic (exact) mass is 305 g/mol. The molecule has 0 aromatic carbocycles. The number of rotatable bonds is 5. The minimum Gasteiger partial charge on any atom is -0.381 e. The van der Waals surface area contributed by atoms with Crippen LogP contribution >= 0.6 is 0 Å². The van der Waals surface area contributed by atoms with Crippen LogP contribution in [0, 0.1) is 5.92 Å². The zero-order chi connectivity index (χ0) is 15.2. The Morgan fingerprint density at radius 1 is 1.23 bits per heavy atom. The first-order chi connectivity index (χ1) is 10.8. The number of nitrogens with one attached hydrogen (secondary N) is 1. The number of ether oxygens (including phenoxy) is 1. The molecule has 0 atom stereocenters. The molecule has 0 spiro atoms. The highest BCUT2D eigenvalue weighted by Gasteiger charge is 2.22. The Morgan fingerprint density at radius 3 is 2.73 bits per heavy atom. The van der Waals surface area contributed by atoms with Gasteiger partial charge in [-0.1, -0.05) is 0 Å². The van der Waals surface area contributed by atoms with E-state index in [1.54, 1.807) is 0 Å². The molecule has 1 aromatic rings. The second-order valence-corrected chi connectivity index (χ2v) is 6.12. The Hall–Kier alpha value is -1.40. The van der Waals surface area contributed by atoms with Crippen molar-refractivity contribution < 1.29 is 4.74 Å². The van der Waals surface area contributed by atoms with E-state index in [-0.39, 0.29) is 0 Å². The van der Waals surface area contributed by atoms with E-state index in [1.807, 2.05) is 12.3 Å². The van der Waals surface area contributed by atoms with Gasteiger partial charge in [-0.2, -0.15) is 4.98 Å². The molecular weight excluding hydrogens is 278 g/mol. The summed E-state index contributed by atoms with van der Waals surface area (Å²) >= 11 is 0. The van der Waals surface area contributed by atoms with Crippen LogP contribution in [0.3, 0.4) is 0 Å². The molecular formula is C16H27N5O. The minimum atomic E-state index is 0.814. The summed E-state index contributed by atoms with van der Waals surface area (Å²) in [4.78, 5) is 13.9. The van der Waals surface area contributed by atoms with E-state index in [0.29, 0.717) is 0 Å². The van der Waals surface area contributed by atoms with Gasteiger partial charge in [0.25, 0.3) is 0 Å². The fraction of sp³-hybridized carbons (Fsp3) is 0.750. The highest BCUT2D eigenvalue weighted by atomic mass is 16.5. The van der Waals surface area contributed by atoms with Crippen LogP contribution in [0.2, 0.25) is 0 Å². The quantitative estimate of drug-likeness (QED) is 0.889. The zero-order valence-corrected chi connectivity index (χ0v) is 13.5. The maximum Gasteiger partial charge on any atom is 0.227 e. The van der Waals surface area contributed by atoms with E-state index in [2.05, 4.69) is 32.0 Å². The van der Waals surface area contributed by atoms with Crippen LogP contribution in [0.1, 0.15) is 19.8 Å². The first kappa shape index (κ1) is 15.5. The largest absolute Gasteiger partial charge is 0.381 e. The summed E-state index contributed by atoms with van der Waals surface area (Å²) in [5.41, 5.74) is 0. The fourth-order valence-electron chi connectivity index (χ4n) is 3.20. The van der Waals surface area contributed by atoms with Crippen molar-refractivity contribution >= 4 is 11.8 Å². The number of piperazine rings is 1. The minimum absolute atomic E-state index is 0.814. The van der Waals surface area contributed by atoms with Crippen molar-refractivity contribution in [2.24, 2.45) is 5.92 Å². The van der Waals surface area contributed by atoms with E-state index in [4.69, 9.17) is 4.74 Å². The number of hydrogen-bond acceptors (Lipinski definition) is 6. The maximum absolute atomic E-state index is 5.45. The summed E-state index contributed by atoms with van der Waals surface area (Å²) in [5, 5.41) is 3.25. The summed E-state index contributed by atoms with van der Waals surface area (Å²) in [5.74, 6) is 2.58. The van der Waals surface area contributed by atoms with Gasteiger partial charge in [0.2, 0.25) is 5.95 Å². The lowest BCUT2D eigenvalue weighted by Gasteiger charge is -2.37. The highest BCUT2D eigenvalue weighted by molar-refractivity contribution is 5.41. The first-order valence-electron chi connectivity index (χ1n) is 8.47. The van der Waals surface area contributed by atoms with Crippen LogP contribution in [0.25, 0.3) is 0 Å². The molecule has 0 amide bonds. The van der Waals surface area contributed by atoms with Crippen LogP contribution in [-0.4, -0.2) is 67.4 Å². The summed E-state index contributed by atoms with van der Waals surface area (Å²) < 4.78 is 5.45. The van der Waals surface area contributed by atoms with Gasteiger partial charge in [0, 0.05) is 58.7 Å². The smallest absolute Gasteiger partial charge is 0.227 e. The molecule has 1 aromatic heterocycles. The molecule has 0 unspecified atom stereocenters. The lowest BCUT2D eigenvalue weighted by molar-refractivity contribution is 0.0517. The third kappa shape index (κ3) is 4.08. The molecule has 2 aliphatic heterocycles. The average molecular weight is 305 g/mol. The molecule has 0 radical (unpaired) electrons. The molecule has 1 N–H and O–H groups in total. The number of anilines is 2. The van der Waals surface area contributed by atoms with Crippen LogP contribution in [0.5, 0.6) is 0 Å². The molecule has 6 heteroatoms. The molecule has 2 saturated heterocycles. The molecule has 0 aliphatic carbocycles. The molecule has 3 heterocycles. The average Bonchev–Trinajstić information content (AvgIpc) is 2.57. The van der Waals surface area contributed by atoms with Crippen molar-refractivity contribution in [3.63, 3.8) is 0 Å². The predicted octanol–water partition coefficient (Wildman–Crippen LogP) is 1.46. The van der Waals surface area contributed by atoms with Crippen LogP contribution in [-0.2, 0) is 4.74 Å². The maximum atomic E-state index is 5.45. The molecule has 0 saturated carbocycles. The zero-order valence-electron chi connectivity index (χ0n) is 13.5. The molecule has 22 heavy (non-hydrogen) atoms. The van der Waals surface area contributed by atoms with E-state index < -0.39 is 0 Å². The van der Waals surface area contributed by atoms with Gasteiger partial charge in [-0.05, 0) is 31.7 Å². The van der Waals surface area contributed by atoms with Gasteiger partial charge < -0.3 is 15.0 Å². The van der Waals surface area contributed by atoms with Gasteiger partial charge in [0.15, 0.2) is 0 Å². The van der Waals surface area contributed by atoms with Gasteiger partial charge >= 0.3 is 0 Å². The number of nitrogens with zero attached hydrogens (tertiary/aromatic N) is 4. The second kappa shape index (κ2) is 7.74. The molecule has 2 aliphatic rings. The Kier molecular flexibility index (Phi) is 5.45. The van der Waals surface area contributed by atoms with Crippen molar-refractivity contribution in [1.29, 1.82) is 0 Å². The first-order valence-corrected chi connectivity index (χ1v) is 8.47. The van der Waals surface area contributed by atoms with Crippen molar-refractivity contribution in [3.8, 4) is 0 Å². The van der Waals surface area contributed by atoms with E-state index in [1.165, 1.54) is 19.4 Å². The molecule has 122 valence electrons. The third-order valence-corrected chi connectivity index (χ3v) is 4.51. The highest BCUT2D eigenvalue weighted by Crippen LogP contribution is 2.18. The Bertz CT molecular complexity index is 456. The van der Waals surface area contributed by atoms with Crippen molar-refractivity contribution in [1.82, 2.24) is 14.9 Å². The van der Waals surface area contributed by atoms with Crippen LogP contribution in [0.4, 0.5) is 11.8 Å². The number of aromatic nitrogens is 2. The van der Waals surface area contributed by atoms with Gasteiger partial charge in [-0.25, -0.2) is 4.98 Å². The van der Waals surface area contributed by atoms with Gasteiger partial charge in [0.1, 0.15) is 5.82 Å². The van der Waals surface area contributed by atoms with E-state index in [9.17, 15) is 0 Å². The summed E-state index contributed by atoms with van der Waals surface area (Å²) in [7, 11) is 0. The Balaban J connectivity index is 1.49.